The summed E-state index contributed by atoms with van der Waals surface area (Å²) in [6.07, 6.45) is 2.06. The highest BCUT2D eigenvalue weighted by Gasteiger charge is 2.37. The summed E-state index contributed by atoms with van der Waals surface area (Å²) in [5.74, 6) is -0.292. The van der Waals surface area contributed by atoms with Gasteiger partial charge in [0.1, 0.15) is 0 Å². The third-order valence-corrected chi connectivity index (χ3v) is 3.50. The Hall–Kier alpha value is -0.990. The van der Waals surface area contributed by atoms with Crippen LogP contribution in [0.4, 0.5) is 5.69 Å². The monoisotopic (exact) mass is 283 g/mol. The molecule has 2 rings (SSSR count). The van der Waals surface area contributed by atoms with Gasteiger partial charge >= 0.3 is 0 Å². The fourth-order valence-electron chi connectivity index (χ4n) is 2.48. The van der Waals surface area contributed by atoms with Gasteiger partial charge in [-0.3, -0.25) is 4.79 Å². The maximum absolute atomic E-state index is 12.2. The van der Waals surface area contributed by atoms with Gasteiger partial charge in [-0.05, 0) is 32.4 Å². The third kappa shape index (κ3) is 2.15. The zero-order valence-electron chi connectivity index (χ0n) is 10.6. The van der Waals surface area contributed by atoms with Crippen molar-refractivity contribution in [1.82, 2.24) is 0 Å². The zero-order valence-corrected chi connectivity index (χ0v) is 12.1. The fraction of sp³-hybridized carbons (Fsp3) is 0.357. The van der Waals surface area contributed by atoms with Crippen molar-refractivity contribution in [2.45, 2.75) is 31.1 Å². The normalized spacial score (nSPS) is 17.4. The number of alkyl halides is 2. The summed E-state index contributed by atoms with van der Waals surface area (Å²) in [6.45, 7) is 5.99. The first kappa shape index (κ1) is 13.4. The molecule has 0 aromatic heterocycles. The van der Waals surface area contributed by atoms with Crippen LogP contribution >= 0.6 is 23.2 Å². The van der Waals surface area contributed by atoms with E-state index in [1.807, 2.05) is 45.0 Å². The van der Waals surface area contributed by atoms with Gasteiger partial charge in [0.05, 0.1) is 11.2 Å². The first-order chi connectivity index (χ1) is 8.34. The second-order valence-electron chi connectivity index (χ2n) is 4.97. The Labute approximate surface area is 117 Å². The van der Waals surface area contributed by atoms with Gasteiger partial charge in [-0.2, -0.15) is 0 Å². The van der Waals surface area contributed by atoms with Gasteiger partial charge < -0.3 is 4.90 Å². The number of rotatable bonds is 1. The highest BCUT2D eigenvalue weighted by atomic mass is 35.5. The predicted octanol–water partition coefficient (Wildman–Crippen LogP) is 4.02. The lowest BCUT2D eigenvalue weighted by molar-refractivity contribution is -0.117. The van der Waals surface area contributed by atoms with Crippen LogP contribution in [0, 0.1) is 0 Å². The van der Waals surface area contributed by atoms with E-state index in [0.717, 1.165) is 16.8 Å². The van der Waals surface area contributed by atoms with E-state index in [1.165, 1.54) is 0 Å². The molecule has 0 atom stereocenters. The number of halogens is 2. The molecule has 1 aromatic rings. The highest BCUT2D eigenvalue weighted by Crippen LogP contribution is 2.39. The number of hydrogen-bond acceptors (Lipinski definition) is 1. The van der Waals surface area contributed by atoms with Crippen LogP contribution in [0.3, 0.4) is 0 Å². The summed E-state index contributed by atoms with van der Waals surface area (Å²) in [6, 6.07) is 7.77. The molecular weight excluding hydrogens is 269 g/mol. The molecule has 1 aromatic carbocycles. The summed E-state index contributed by atoms with van der Waals surface area (Å²) in [5.41, 5.74) is 2.62. The lowest BCUT2D eigenvalue weighted by Gasteiger charge is -2.41. The lowest BCUT2D eigenvalue weighted by Crippen LogP contribution is -2.50. The molecule has 0 saturated heterocycles. The van der Waals surface area contributed by atoms with Crippen molar-refractivity contribution in [1.29, 1.82) is 0 Å². The number of allylic oxidation sites excluding steroid dienone is 1. The largest absolute Gasteiger partial charge is 0.300 e. The van der Waals surface area contributed by atoms with Gasteiger partial charge in [-0.15, -0.1) is 0 Å². The number of amides is 1. The van der Waals surface area contributed by atoms with Crippen molar-refractivity contribution >= 4 is 40.4 Å². The van der Waals surface area contributed by atoms with Crippen molar-refractivity contribution in [3.05, 3.63) is 35.9 Å². The van der Waals surface area contributed by atoms with Crippen LogP contribution in [-0.2, 0) is 4.79 Å². The molecule has 0 spiro atoms. The molecule has 1 aliphatic heterocycles. The summed E-state index contributed by atoms with van der Waals surface area (Å²) >= 11 is 11.5. The minimum atomic E-state index is -1.05. The Morgan fingerprint density at radius 1 is 1.28 bits per heavy atom. The van der Waals surface area contributed by atoms with Crippen LogP contribution in [0.1, 0.15) is 26.3 Å². The molecule has 1 heterocycles. The maximum Gasteiger partial charge on any atom is 0.261 e. The van der Waals surface area contributed by atoms with E-state index in [-0.39, 0.29) is 5.91 Å². The number of fused-ring (bicyclic) bond motifs is 1. The van der Waals surface area contributed by atoms with Crippen molar-refractivity contribution in [2.24, 2.45) is 0 Å². The molecule has 0 unspecified atom stereocenters. The Bertz CT molecular complexity index is 520. The number of hydrogen-bond donors (Lipinski definition) is 0. The van der Waals surface area contributed by atoms with E-state index in [9.17, 15) is 4.79 Å². The van der Waals surface area contributed by atoms with E-state index in [2.05, 4.69) is 6.08 Å². The average Bonchev–Trinajstić information content (AvgIpc) is 2.27. The van der Waals surface area contributed by atoms with Gasteiger partial charge in [0, 0.05) is 5.56 Å². The molecule has 0 bridgehead atoms. The molecule has 0 N–H and O–H groups in total. The number of carbonyl (C=O) groups excluding carboxylic acids is 1. The molecule has 0 aliphatic carbocycles. The van der Waals surface area contributed by atoms with E-state index in [4.69, 9.17) is 23.2 Å². The van der Waals surface area contributed by atoms with Gasteiger partial charge in [-0.1, -0.05) is 47.5 Å². The van der Waals surface area contributed by atoms with Gasteiger partial charge in [-0.25, -0.2) is 0 Å². The molecule has 0 radical (unpaired) electrons. The number of carbonyl (C=O) groups is 1. The quantitative estimate of drug-likeness (QED) is 0.713. The van der Waals surface area contributed by atoms with E-state index < -0.39 is 10.4 Å². The molecule has 2 nitrogen and oxygen atoms in total. The van der Waals surface area contributed by atoms with Crippen LogP contribution in [0.5, 0.6) is 0 Å². The fourth-order valence-corrected chi connectivity index (χ4v) is 2.68. The van der Waals surface area contributed by atoms with Crippen LogP contribution < -0.4 is 4.90 Å². The van der Waals surface area contributed by atoms with Crippen LogP contribution in [0.15, 0.2) is 30.3 Å². The number of benzene rings is 1. The highest BCUT2D eigenvalue weighted by molar-refractivity contribution is 6.54. The molecule has 0 fully saturated rings. The average molecular weight is 284 g/mol. The number of nitrogens with zero attached hydrogens (tertiary/aromatic N) is 1. The molecular formula is C14H15Cl2NO. The first-order valence-electron chi connectivity index (χ1n) is 5.75. The molecule has 1 amide bonds. The van der Waals surface area contributed by atoms with E-state index in [0.29, 0.717) is 0 Å². The van der Waals surface area contributed by atoms with Crippen molar-refractivity contribution in [2.75, 3.05) is 4.90 Å². The third-order valence-electron chi connectivity index (χ3n) is 3.12. The SMILES string of the molecule is CC1=CC(C)(C)N(C(=O)C(Cl)Cl)c2ccccc21. The van der Waals surface area contributed by atoms with Crippen molar-refractivity contribution in [3.63, 3.8) is 0 Å². The molecule has 18 heavy (non-hydrogen) atoms. The maximum atomic E-state index is 12.2. The minimum absolute atomic E-state index is 0.292. The smallest absolute Gasteiger partial charge is 0.261 e. The number of para-hydroxylation sites is 1. The second kappa shape index (κ2) is 4.60. The van der Waals surface area contributed by atoms with Gasteiger partial charge in [0.2, 0.25) is 0 Å². The Kier molecular flexibility index (Phi) is 3.43. The zero-order chi connectivity index (χ0) is 13.5. The standard InChI is InChI=1S/C14H15Cl2NO/c1-9-8-14(2,3)17(13(18)12(15)16)11-7-5-4-6-10(9)11/h4-8,12H,1-3H3. The topological polar surface area (TPSA) is 20.3 Å². The molecule has 96 valence electrons. The molecule has 4 heteroatoms. The Morgan fingerprint density at radius 2 is 1.89 bits per heavy atom. The van der Waals surface area contributed by atoms with Crippen LogP contribution in [0.2, 0.25) is 0 Å². The lowest BCUT2D eigenvalue weighted by atomic mass is 9.89. The molecule has 0 saturated carbocycles. The predicted molar refractivity (Wildman–Crippen MR) is 77.2 cm³/mol. The van der Waals surface area contributed by atoms with Crippen molar-refractivity contribution < 1.29 is 4.79 Å². The Morgan fingerprint density at radius 3 is 2.50 bits per heavy atom. The summed E-state index contributed by atoms with van der Waals surface area (Å²) in [5, 5.41) is 0. The Balaban J connectivity index is 2.61. The second-order valence-corrected chi connectivity index (χ2v) is 6.07. The van der Waals surface area contributed by atoms with Crippen LogP contribution in [-0.4, -0.2) is 16.3 Å². The first-order valence-corrected chi connectivity index (χ1v) is 6.63. The van der Waals surface area contributed by atoms with Gasteiger partial charge in [0.25, 0.3) is 5.91 Å². The van der Waals surface area contributed by atoms with Crippen LogP contribution in [0.25, 0.3) is 5.57 Å². The number of anilines is 1. The van der Waals surface area contributed by atoms with E-state index in [1.54, 1.807) is 4.90 Å². The van der Waals surface area contributed by atoms with E-state index >= 15 is 0 Å². The minimum Gasteiger partial charge on any atom is -0.300 e. The summed E-state index contributed by atoms with van der Waals surface area (Å²) in [7, 11) is 0. The molecule has 1 aliphatic rings. The van der Waals surface area contributed by atoms with Gasteiger partial charge in [0.15, 0.2) is 4.84 Å². The summed E-state index contributed by atoms with van der Waals surface area (Å²) < 4.78 is 0. The van der Waals surface area contributed by atoms with Crippen molar-refractivity contribution in [3.8, 4) is 0 Å². The summed E-state index contributed by atoms with van der Waals surface area (Å²) in [4.78, 5) is 12.8.